The molecule has 0 aliphatic rings. The van der Waals surface area contributed by atoms with E-state index in [4.69, 9.17) is 4.74 Å². The van der Waals surface area contributed by atoms with Crippen LogP contribution in [0.2, 0.25) is 0 Å². The molecule has 0 radical (unpaired) electrons. The summed E-state index contributed by atoms with van der Waals surface area (Å²) in [7, 11) is 5.97. The van der Waals surface area contributed by atoms with Crippen LogP contribution in [0.1, 0.15) is 18.2 Å². The molecular formula is C17H25FN4O. The summed E-state index contributed by atoms with van der Waals surface area (Å²) in [5.41, 5.74) is 2.19. The minimum Gasteiger partial charge on any atom is -0.492 e. The Kier molecular flexibility index (Phi) is 5.60. The van der Waals surface area contributed by atoms with Crippen LogP contribution in [-0.4, -0.2) is 36.5 Å². The van der Waals surface area contributed by atoms with Crippen molar-refractivity contribution < 1.29 is 9.13 Å². The van der Waals surface area contributed by atoms with Crippen LogP contribution in [-0.2, 0) is 13.6 Å². The Balaban J connectivity index is 1.91. The van der Waals surface area contributed by atoms with E-state index in [1.54, 1.807) is 12.1 Å². The van der Waals surface area contributed by atoms with Gasteiger partial charge in [0.05, 0.1) is 5.69 Å². The van der Waals surface area contributed by atoms with Gasteiger partial charge in [0.15, 0.2) is 0 Å². The molecule has 6 heteroatoms. The molecular weight excluding hydrogens is 295 g/mol. The minimum atomic E-state index is -0.287. The van der Waals surface area contributed by atoms with Gasteiger partial charge in [0, 0.05) is 45.4 Å². The van der Waals surface area contributed by atoms with Crippen molar-refractivity contribution >= 4 is 5.82 Å². The number of anilines is 1. The third-order valence-corrected chi connectivity index (χ3v) is 3.66. The SMILES string of the molecule is Cc1nn(C)c(N(C)C)c1CNC(C)COc1cccc(F)c1. The lowest BCUT2D eigenvalue weighted by atomic mass is 10.2. The fourth-order valence-electron chi connectivity index (χ4n) is 2.57. The van der Waals surface area contributed by atoms with Gasteiger partial charge in [-0.3, -0.25) is 4.68 Å². The van der Waals surface area contributed by atoms with E-state index in [0.29, 0.717) is 18.9 Å². The zero-order valence-electron chi connectivity index (χ0n) is 14.4. The van der Waals surface area contributed by atoms with Crippen LogP contribution in [0.15, 0.2) is 24.3 Å². The molecule has 0 bridgehead atoms. The van der Waals surface area contributed by atoms with Gasteiger partial charge in [-0.1, -0.05) is 6.07 Å². The molecule has 0 saturated heterocycles. The van der Waals surface area contributed by atoms with Crippen LogP contribution in [0, 0.1) is 12.7 Å². The number of aromatic nitrogens is 2. The van der Waals surface area contributed by atoms with Gasteiger partial charge in [0.25, 0.3) is 0 Å². The Morgan fingerprint density at radius 2 is 2.13 bits per heavy atom. The van der Waals surface area contributed by atoms with Crippen LogP contribution in [0.5, 0.6) is 5.75 Å². The average Bonchev–Trinajstić information content (AvgIpc) is 2.77. The highest BCUT2D eigenvalue weighted by Gasteiger charge is 2.15. The summed E-state index contributed by atoms with van der Waals surface area (Å²) in [6.45, 7) is 5.24. The summed E-state index contributed by atoms with van der Waals surface area (Å²) in [5, 5.41) is 7.91. The number of nitrogens with zero attached hydrogens (tertiary/aromatic N) is 3. The Morgan fingerprint density at radius 3 is 2.78 bits per heavy atom. The van der Waals surface area contributed by atoms with Crippen LogP contribution in [0.3, 0.4) is 0 Å². The third kappa shape index (κ3) is 4.45. The number of aryl methyl sites for hydroxylation is 2. The van der Waals surface area contributed by atoms with Crippen molar-refractivity contribution in [3.63, 3.8) is 0 Å². The molecule has 0 saturated carbocycles. The summed E-state index contributed by atoms with van der Waals surface area (Å²) < 4.78 is 20.6. The molecule has 0 fully saturated rings. The van der Waals surface area contributed by atoms with Gasteiger partial charge in [-0.15, -0.1) is 0 Å². The van der Waals surface area contributed by atoms with Crippen molar-refractivity contribution in [2.45, 2.75) is 26.4 Å². The van der Waals surface area contributed by atoms with Gasteiger partial charge in [-0.2, -0.15) is 5.10 Å². The highest BCUT2D eigenvalue weighted by Crippen LogP contribution is 2.21. The molecule has 2 rings (SSSR count). The second-order valence-electron chi connectivity index (χ2n) is 5.96. The second-order valence-corrected chi connectivity index (χ2v) is 5.96. The summed E-state index contributed by atoms with van der Waals surface area (Å²) in [5.74, 6) is 1.35. The summed E-state index contributed by atoms with van der Waals surface area (Å²) in [6.07, 6.45) is 0. The lowest BCUT2D eigenvalue weighted by Gasteiger charge is -2.18. The maximum atomic E-state index is 13.1. The molecule has 23 heavy (non-hydrogen) atoms. The van der Waals surface area contributed by atoms with Crippen LogP contribution >= 0.6 is 0 Å². The molecule has 1 aromatic carbocycles. The molecule has 1 atom stereocenters. The predicted molar refractivity (Wildman–Crippen MR) is 90.5 cm³/mol. The van der Waals surface area contributed by atoms with E-state index >= 15 is 0 Å². The first-order chi connectivity index (χ1) is 10.9. The van der Waals surface area contributed by atoms with Crippen molar-refractivity contribution in [1.29, 1.82) is 0 Å². The van der Waals surface area contributed by atoms with Crippen molar-refractivity contribution in [3.05, 3.63) is 41.3 Å². The molecule has 126 valence electrons. The van der Waals surface area contributed by atoms with Crippen molar-refractivity contribution in [3.8, 4) is 5.75 Å². The maximum Gasteiger partial charge on any atom is 0.130 e. The topological polar surface area (TPSA) is 42.3 Å². The normalized spacial score (nSPS) is 12.3. The van der Waals surface area contributed by atoms with Crippen LogP contribution in [0.25, 0.3) is 0 Å². The van der Waals surface area contributed by atoms with E-state index < -0.39 is 0 Å². The quantitative estimate of drug-likeness (QED) is 0.851. The van der Waals surface area contributed by atoms with Gasteiger partial charge in [-0.25, -0.2) is 4.39 Å². The smallest absolute Gasteiger partial charge is 0.130 e. The molecule has 1 N–H and O–H groups in total. The van der Waals surface area contributed by atoms with E-state index in [2.05, 4.69) is 15.3 Å². The number of nitrogens with one attached hydrogen (secondary N) is 1. The first kappa shape index (κ1) is 17.3. The van der Waals surface area contributed by atoms with Crippen LogP contribution < -0.4 is 15.0 Å². The van der Waals surface area contributed by atoms with E-state index in [0.717, 1.165) is 11.5 Å². The van der Waals surface area contributed by atoms with Gasteiger partial charge in [0.1, 0.15) is 24.0 Å². The predicted octanol–water partition coefficient (Wildman–Crippen LogP) is 2.49. The number of ether oxygens (including phenoxy) is 1. The van der Waals surface area contributed by atoms with E-state index in [1.165, 1.54) is 17.7 Å². The van der Waals surface area contributed by atoms with Gasteiger partial charge in [-0.05, 0) is 26.0 Å². The van der Waals surface area contributed by atoms with E-state index in [1.807, 2.05) is 39.7 Å². The summed E-state index contributed by atoms with van der Waals surface area (Å²) >= 11 is 0. The molecule has 1 heterocycles. The number of halogens is 1. The van der Waals surface area contributed by atoms with Gasteiger partial charge in [0.2, 0.25) is 0 Å². The number of hydrogen-bond donors (Lipinski definition) is 1. The molecule has 2 aromatic rings. The fraction of sp³-hybridized carbons (Fsp3) is 0.471. The van der Waals surface area contributed by atoms with Crippen molar-refractivity contribution in [2.75, 3.05) is 25.6 Å². The molecule has 1 unspecified atom stereocenters. The molecule has 0 aliphatic carbocycles. The Bertz CT molecular complexity index is 654. The number of hydrogen-bond acceptors (Lipinski definition) is 4. The number of rotatable bonds is 7. The summed E-state index contributed by atoms with van der Waals surface area (Å²) in [6, 6.07) is 6.33. The zero-order chi connectivity index (χ0) is 17.0. The zero-order valence-corrected chi connectivity index (χ0v) is 14.4. The van der Waals surface area contributed by atoms with Gasteiger partial charge >= 0.3 is 0 Å². The standard InChI is InChI=1S/C17H25FN4O/c1-12(11-23-15-8-6-7-14(18)9-15)19-10-16-13(2)20-22(5)17(16)21(3)4/h6-9,12,19H,10-11H2,1-5H3. The average molecular weight is 320 g/mol. The first-order valence-electron chi connectivity index (χ1n) is 7.70. The highest BCUT2D eigenvalue weighted by atomic mass is 19.1. The Hall–Kier alpha value is -2.08. The Labute approximate surface area is 137 Å². The monoisotopic (exact) mass is 320 g/mol. The molecule has 5 nitrogen and oxygen atoms in total. The molecule has 0 spiro atoms. The number of benzene rings is 1. The largest absolute Gasteiger partial charge is 0.492 e. The molecule has 0 aliphatic heterocycles. The third-order valence-electron chi connectivity index (χ3n) is 3.66. The highest BCUT2D eigenvalue weighted by molar-refractivity contribution is 5.48. The fourth-order valence-corrected chi connectivity index (χ4v) is 2.57. The van der Waals surface area contributed by atoms with Crippen molar-refractivity contribution in [1.82, 2.24) is 15.1 Å². The minimum absolute atomic E-state index is 0.132. The van der Waals surface area contributed by atoms with E-state index in [-0.39, 0.29) is 11.9 Å². The second kappa shape index (κ2) is 7.46. The maximum absolute atomic E-state index is 13.1. The lowest BCUT2D eigenvalue weighted by molar-refractivity contribution is 0.271. The lowest BCUT2D eigenvalue weighted by Crippen LogP contribution is -2.32. The van der Waals surface area contributed by atoms with Crippen LogP contribution in [0.4, 0.5) is 10.2 Å². The first-order valence-corrected chi connectivity index (χ1v) is 7.70. The molecule has 0 amide bonds. The van der Waals surface area contributed by atoms with Crippen molar-refractivity contribution in [2.24, 2.45) is 7.05 Å². The summed E-state index contributed by atoms with van der Waals surface area (Å²) in [4.78, 5) is 2.06. The van der Waals surface area contributed by atoms with E-state index in [9.17, 15) is 4.39 Å². The van der Waals surface area contributed by atoms with Gasteiger partial charge < -0.3 is 15.0 Å². The molecule has 1 aromatic heterocycles. The Morgan fingerprint density at radius 1 is 1.39 bits per heavy atom.